The van der Waals surface area contributed by atoms with E-state index in [0.717, 1.165) is 13.0 Å². The highest BCUT2D eigenvalue weighted by Crippen LogP contribution is 2.26. The molecule has 3 N–H and O–H groups in total. The molecule has 0 spiro atoms. The van der Waals surface area contributed by atoms with Crippen molar-refractivity contribution in [2.24, 2.45) is 5.73 Å². The number of nitrogens with one attached hydrogen (secondary N) is 1. The van der Waals surface area contributed by atoms with E-state index in [2.05, 4.69) is 48.6 Å². The van der Waals surface area contributed by atoms with Crippen LogP contribution in [0.15, 0.2) is 36.4 Å². The monoisotopic (exact) mass is 214 g/mol. The Balaban J connectivity index is 2.51. The standard InChI is InChI=1S/C14H18N2/c1-2-9-16-14-8-7-11(10-15)12-5-3-4-6-13(12)14/h3-8,16H,2,9-10,15H2,1H3. The number of hydrogen-bond donors (Lipinski definition) is 2. The van der Waals surface area contributed by atoms with Gasteiger partial charge in [-0.3, -0.25) is 0 Å². The lowest BCUT2D eigenvalue weighted by atomic mass is 10.0. The largest absolute Gasteiger partial charge is 0.385 e. The van der Waals surface area contributed by atoms with Crippen LogP contribution in [0, 0.1) is 0 Å². The third kappa shape index (κ3) is 2.02. The minimum absolute atomic E-state index is 0.592. The van der Waals surface area contributed by atoms with E-state index in [-0.39, 0.29) is 0 Å². The van der Waals surface area contributed by atoms with Gasteiger partial charge in [0.05, 0.1) is 0 Å². The number of anilines is 1. The summed E-state index contributed by atoms with van der Waals surface area (Å²) in [5, 5.41) is 5.97. The first-order valence-corrected chi connectivity index (χ1v) is 5.81. The van der Waals surface area contributed by atoms with E-state index >= 15 is 0 Å². The van der Waals surface area contributed by atoms with Gasteiger partial charge in [-0.15, -0.1) is 0 Å². The zero-order valence-electron chi connectivity index (χ0n) is 9.66. The molecule has 0 heterocycles. The van der Waals surface area contributed by atoms with Crippen molar-refractivity contribution in [1.29, 1.82) is 0 Å². The molecule has 0 saturated carbocycles. The van der Waals surface area contributed by atoms with E-state index in [1.807, 2.05) is 0 Å². The number of hydrogen-bond acceptors (Lipinski definition) is 2. The van der Waals surface area contributed by atoms with Crippen LogP contribution in [0.5, 0.6) is 0 Å². The summed E-state index contributed by atoms with van der Waals surface area (Å²) in [5.74, 6) is 0. The maximum Gasteiger partial charge on any atom is 0.0420 e. The quantitative estimate of drug-likeness (QED) is 0.820. The lowest BCUT2D eigenvalue weighted by Crippen LogP contribution is -2.02. The van der Waals surface area contributed by atoms with Crippen molar-refractivity contribution < 1.29 is 0 Å². The van der Waals surface area contributed by atoms with Crippen LogP contribution in [0.4, 0.5) is 5.69 Å². The van der Waals surface area contributed by atoms with Crippen molar-refractivity contribution in [2.45, 2.75) is 19.9 Å². The van der Waals surface area contributed by atoms with Crippen molar-refractivity contribution in [1.82, 2.24) is 0 Å². The molecule has 0 aromatic heterocycles. The molecule has 2 nitrogen and oxygen atoms in total. The first-order chi connectivity index (χ1) is 7.86. The summed E-state index contributed by atoms with van der Waals surface area (Å²) in [5.41, 5.74) is 8.16. The topological polar surface area (TPSA) is 38.0 Å². The molecule has 0 bridgehead atoms. The highest BCUT2D eigenvalue weighted by molar-refractivity contribution is 5.96. The van der Waals surface area contributed by atoms with Crippen molar-refractivity contribution in [3.63, 3.8) is 0 Å². The van der Waals surface area contributed by atoms with Gasteiger partial charge in [0.15, 0.2) is 0 Å². The third-order valence-corrected chi connectivity index (χ3v) is 2.80. The van der Waals surface area contributed by atoms with Crippen molar-refractivity contribution in [3.05, 3.63) is 42.0 Å². The Kier molecular flexibility index (Phi) is 3.42. The second-order valence-electron chi connectivity index (χ2n) is 3.95. The van der Waals surface area contributed by atoms with Crippen LogP contribution in [0.3, 0.4) is 0 Å². The Morgan fingerprint density at radius 1 is 1.06 bits per heavy atom. The maximum atomic E-state index is 5.75. The molecule has 0 aliphatic heterocycles. The van der Waals surface area contributed by atoms with Crippen LogP contribution in [-0.2, 0) is 6.54 Å². The van der Waals surface area contributed by atoms with E-state index in [9.17, 15) is 0 Å². The SMILES string of the molecule is CCCNc1ccc(CN)c2ccccc12. The highest BCUT2D eigenvalue weighted by Gasteiger charge is 2.03. The van der Waals surface area contributed by atoms with Crippen LogP contribution < -0.4 is 11.1 Å². The zero-order chi connectivity index (χ0) is 11.4. The average molecular weight is 214 g/mol. The first kappa shape index (κ1) is 11.0. The Bertz CT molecular complexity index is 477. The molecule has 0 unspecified atom stereocenters. The molecular formula is C14H18N2. The molecule has 0 amide bonds. The second-order valence-corrected chi connectivity index (χ2v) is 3.95. The van der Waals surface area contributed by atoms with Gasteiger partial charge in [-0.05, 0) is 23.4 Å². The number of fused-ring (bicyclic) bond motifs is 1. The van der Waals surface area contributed by atoms with Gasteiger partial charge >= 0.3 is 0 Å². The second kappa shape index (κ2) is 4.99. The molecule has 0 saturated heterocycles. The van der Waals surface area contributed by atoms with Gasteiger partial charge in [-0.25, -0.2) is 0 Å². The lowest BCUT2D eigenvalue weighted by molar-refractivity contribution is 0.981. The predicted octanol–water partition coefficient (Wildman–Crippen LogP) is 3.12. The van der Waals surface area contributed by atoms with E-state index in [1.165, 1.54) is 22.0 Å². The van der Waals surface area contributed by atoms with Crippen LogP contribution in [0.2, 0.25) is 0 Å². The summed E-state index contributed by atoms with van der Waals surface area (Å²) in [7, 11) is 0. The predicted molar refractivity (Wildman–Crippen MR) is 70.6 cm³/mol. The van der Waals surface area contributed by atoms with Gasteiger partial charge in [0.25, 0.3) is 0 Å². The summed E-state index contributed by atoms with van der Waals surface area (Å²) in [6.45, 7) is 3.77. The Hall–Kier alpha value is -1.54. The molecule has 0 atom stereocenters. The highest BCUT2D eigenvalue weighted by atomic mass is 14.9. The summed E-state index contributed by atoms with van der Waals surface area (Å²) in [6, 6.07) is 12.6. The molecule has 0 radical (unpaired) electrons. The van der Waals surface area contributed by atoms with Crippen molar-refractivity contribution in [3.8, 4) is 0 Å². The normalized spacial score (nSPS) is 10.6. The van der Waals surface area contributed by atoms with Crippen LogP contribution in [0.25, 0.3) is 10.8 Å². The van der Waals surface area contributed by atoms with Gasteiger partial charge in [-0.1, -0.05) is 37.3 Å². The number of rotatable bonds is 4. The molecule has 2 aromatic carbocycles. The molecule has 0 fully saturated rings. The average Bonchev–Trinajstić information content (AvgIpc) is 2.36. The van der Waals surface area contributed by atoms with Gasteiger partial charge in [0.2, 0.25) is 0 Å². The molecule has 2 aromatic rings. The van der Waals surface area contributed by atoms with E-state index < -0.39 is 0 Å². The lowest BCUT2D eigenvalue weighted by Gasteiger charge is -2.11. The van der Waals surface area contributed by atoms with Crippen LogP contribution in [-0.4, -0.2) is 6.54 Å². The van der Waals surface area contributed by atoms with Gasteiger partial charge in [0, 0.05) is 24.2 Å². The molecular weight excluding hydrogens is 196 g/mol. The first-order valence-electron chi connectivity index (χ1n) is 5.81. The Morgan fingerprint density at radius 3 is 2.50 bits per heavy atom. The molecule has 0 aliphatic rings. The van der Waals surface area contributed by atoms with Crippen LogP contribution in [0.1, 0.15) is 18.9 Å². The van der Waals surface area contributed by atoms with Gasteiger partial charge in [0.1, 0.15) is 0 Å². The van der Waals surface area contributed by atoms with E-state index in [4.69, 9.17) is 5.73 Å². The van der Waals surface area contributed by atoms with Gasteiger partial charge in [-0.2, -0.15) is 0 Å². The molecule has 84 valence electrons. The van der Waals surface area contributed by atoms with Crippen LogP contribution >= 0.6 is 0 Å². The minimum atomic E-state index is 0.592. The number of benzene rings is 2. The van der Waals surface area contributed by atoms with E-state index in [1.54, 1.807) is 0 Å². The summed E-state index contributed by atoms with van der Waals surface area (Å²) in [4.78, 5) is 0. The molecule has 2 heteroatoms. The zero-order valence-corrected chi connectivity index (χ0v) is 9.66. The fourth-order valence-corrected chi connectivity index (χ4v) is 1.95. The minimum Gasteiger partial charge on any atom is -0.385 e. The third-order valence-electron chi connectivity index (χ3n) is 2.80. The fourth-order valence-electron chi connectivity index (χ4n) is 1.95. The summed E-state index contributed by atoms with van der Waals surface area (Å²) < 4.78 is 0. The van der Waals surface area contributed by atoms with Crippen molar-refractivity contribution >= 4 is 16.5 Å². The summed E-state index contributed by atoms with van der Waals surface area (Å²) >= 11 is 0. The fraction of sp³-hybridized carbons (Fsp3) is 0.286. The smallest absolute Gasteiger partial charge is 0.0420 e. The van der Waals surface area contributed by atoms with Gasteiger partial charge < -0.3 is 11.1 Å². The number of nitrogens with two attached hydrogens (primary N) is 1. The Morgan fingerprint density at radius 2 is 1.81 bits per heavy atom. The van der Waals surface area contributed by atoms with Crippen molar-refractivity contribution in [2.75, 3.05) is 11.9 Å². The van der Waals surface area contributed by atoms with E-state index in [0.29, 0.717) is 6.54 Å². The maximum absolute atomic E-state index is 5.75. The Labute approximate surface area is 96.5 Å². The molecule has 0 aliphatic carbocycles. The summed E-state index contributed by atoms with van der Waals surface area (Å²) in [6.07, 6.45) is 1.13. The molecule has 16 heavy (non-hydrogen) atoms. The molecule has 2 rings (SSSR count).